The second-order valence-corrected chi connectivity index (χ2v) is 6.63. The molecule has 2 N–H and O–H groups in total. The average molecular weight is 344 g/mol. The van der Waals surface area contributed by atoms with Crippen LogP contribution in [0.2, 0.25) is 0 Å². The lowest BCUT2D eigenvalue weighted by molar-refractivity contribution is -0.146. The Morgan fingerprint density at radius 3 is 2.04 bits per heavy atom. The van der Waals surface area contributed by atoms with Crippen molar-refractivity contribution in [3.05, 3.63) is 35.4 Å². The summed E-state index contributed by atoms with van der Waals surface area (Å²) in [6.45, 7) is 5.34. The average Bonchev–Trinajstić information content (AvgIpc) is 2.56. The number of carboxylic acids is 1. The van der Waals surface area contributed by atoms with Gasteiger partial charge in [-0.25, -0.2) is 0 Å². The maximum absolute atomic E-state index is 12.6. The fraction of sp³-hybridized carbons (Fsp3) is 0.421. The van der Waals surface area contributed by atoms with E-state index < -0.39 is 17.8 Å². The van der Waals surface area contributed by atoms with Gasteiger partial charge in [0.1, 0.15) is 0 Å². The number of carbonyl (C=O) groups is 3. The minimum Gasteiger partial charge on any atom is -0.481 e. The Hall–Kier alpha value is -2.63. The highest BCUT2D eigenvalue weighted by molar-refractivity contribution is 5.96. The third kappa shape index (κ3) is 4.26. The SMILES string of the molecule is CC(=O)N(C)c1ccc(NC(=O)[C@@H]2CC(C)=C(C)C[C@@H]2C(=O)O)cc1. The molecule has 1 aromatic carbocycles. The monoisotopic (exact) mass is 344 g/mol. The third-order valence-electron chi connectivity index (χ3n) is 4.91. The van der Waals surface area contributed by atoms with Crippen LogP contribution < -0.4 is 10.2 Å². The number of rotatable bonds is 4. The van der Waals surface area contributed by atoms with Gasteiger partial charge < -0.3 is 15.3 Å². The van der Waals surface area contributed by atoms with Crippen molar-refractivity contribution in [3.8, 4) is 0 Å². The summed E-state index contributed by atoms with van der Waals surface area (Å²) in [5.74, 6) is -2.59. The van der Waals surface area contributed by atoms with Gasteiger partial charge in [0.25, 0.3) is 0 Å². The normalized spacial score (nSPS) is 20.2. The van der Waals surface area contributed by atoms with Crippen molar-refractivity contribution in [2.75, 3.05) is 17.3 Å². The van der Waals surface area contributed by atoms with Gasteiger partial charge in [0.2, 0.25) is 11.8 Å². The first kappa shape index (κ1) is 18.7. The summed E-state index contributed by atoms with van der Waals surface area (Å²) in [4.78, 5) is 37.0. The topological polar surface area (TPSA) is 86.7 Å². The maximum Gasteiger partial charge on any atom is 0.307 e. The number of hydrogen-bond donors (Lipinski definition) is 2. The molecule has 6 nitrogen and oxygen atoms in total. The van der Waals surface area contributed by atoms with Crippen molar-refractivity contribution in [2.24, 2.45) is 11.8 Å². The largest absolute Gasteiger partial charge is 0.481 e. The van der Waals surface area contributed by atoms with E-state index in [1.807, 2.05) is 13.8 Å². The molecular weight excluding hydrogens is 320 g/mol. The summed E-state index contributed by atoms with van der Waals surface area (Å²) in [6, 6.07) is 6.89. The van der Waals surface area contributed by atoms with Gasteiger partial charge in [-0.1, -0.05) is 11.1 Å². The molecule has 2 rings (SSSR count). The molecule has 25 heavy (non-hydrogen) atoms. The highest BCUT2D eigenvalue weighted by Gasteiger charge is 2.37. The van der Waals surface area contributed by atoms with E-state index >= 15 is 0 Å². The maximum atomic E-state index is 12.6. The highest BCUT2D eigenvalue weighted by Crippen LogP contribution is 2.35. The van der Waals surface area contributed by atoms with Gasteiger partial charge in [-0.15, -0.1) is 0 Å². The number of carbonyl (C=O) groups excluding carboxylic acids is 2. The molecule has 0 heterocycles. The molecule has 1 aromatic rings. The standard InChI is InChI=1S/C19H24N2O4/c1-11-9-16(17(19(24)25)10-12(11)2)18(23)20-14-5-7-15(8-6-14)21(4)13(3)22/h5-8,16-17H,9-10H2,1-4H3,(H,20,23)(H,24,25)/t16-,17+/m1/s1. The first-order valence-electron chi connectivity index (χ1n) is 8.24. The zero-order valence-corrected chi connectivity index (χ0v) is 15.0. The number of amides is 2. The number of allylic oxidation sites excluding steroid dienone is 2. The second kappa shape index (κ2) is 7.51. The summed E-state index contributed by atoms with van der Waals surface area (Å²) < 4.78 is 0. The summed E-state index contributed by atoms with van der Waals surface area (Å²) in [5, 5.41) is 12.2. The quantitative estimate of drug-likeness (QED) is 0.822. The summed E-state index contributed by atoms with van der Waals surface area (Å²) in [6.07, 6.45) is 0.862. The van der Waals surface area contributed by atoms with E-state index in [4.69, 9.17) is 0 Å². The number of nitrogens with zero attached hydrogens (tertiary/aromatic N) is 1. The fourth-order valence-corrected chi connectivity index (χ4v) is 3.01. The Kier molecular flexibility index (Phi) is 5.62. The Morgan fingerprint density at radius 2 is 1.56 bits per heavy atom. The predicted octanol–water partition coefficient (Wildman–Crippen LogP) is 3.06. The van der Waals surface area contributed by atoms with Crippen LogP contribution in [0.15, 0.2) is 35.4 Å². The molecule has 134 valence electrons. The minimum atomic E-state index is -0.939. The molecule has 0 fully saturated rings. The molecule has 1 aliphatic rings. The molecule has 0 saturated heterocycles. The minimum absolute atomic E-state index is 0.0825. The first-order valence-corrected chi connectivity index (χ1v) is 8.24. The van der Waals surface area contributed by atoms with Crippen LogP contribution in [0.25, 0.3) is 0 Å². The van der Waals surface area contributed by atoms with Crippen LogP contribution in [0.4, 0.5) is 11.4 Å². The van der Waals surface area contributed by atoms with Crippen LogP contribution in [0.3, 0.4) is 0 Å². The Bertz CT molecular complexity index is 721. The van der Waals surface area contributed by atoms with Gasteiger partial charge in [0.05, 0.1) is 11.8 Å². The van der Waals surface area contributed by atoms with Gasteiger partial charge in [-0.3, -0.25) is 14.4 Å². The van der Waals surface area contributed by atoms with Gasteiger partial charge in [0.15, 0.2) is 0 Å². The van der Waals surface area contributed by atoms with E-state index in [2.05, 4.69) is 5.32 Å². The first-order chi connectivity index (χ1) is 11.7. The molecule has 0 aromatic heterocycles. The molecule has 2 atom stereocenters. The van der Waals surface area contributed by atoms with Crippen molar-refractivity contribution >= 4 is 29.2 Å². The van der Waals surface area contributed by atoms with E-state index in [1.54, 1.807) is 31.3 Å². The molecule has 0 saturated carbocycles. The van der Waals surface area contributed by atoms with Crippen LogP contribution in [-0.2, 0) is 14.4 Å². The van der Waals surface area contributed by atoms with E-state index in [0.717, 1.165) is 16.8 Å². The smallest absolute Gasteiger partial charge is 0.307 e. The molecule has 0 spiro atoms. The Labute approximate surface area is 147 Å². The van der Waals surface area contributed by atoms with Crippen molar-refractivity contribution in [1.29, 1.82) is 0 Å². The lowest BCUT2D eigenvalue weighted by Gasteiger charge is -2.29. The molecule has 0 bridgehead atoms. The van der Waals surface area contributed by atoms with Crippen LogP contribution in [-0.4, -0.2) is 29.9 Å². The summed E-state index contributed by atoms with van der Waals surface area (Å²) in [7, 11) is 1.67. The van der Waals surface area contributed by atoms with Crippen LogP contribution in [0.5, 0.6) is 0 Å². The fourth-order valence-electron chi connectivity index (χ4n) is 3.01. The summed E-state index contributed by atoms with van der Waals surface area (Å²) in [5.41, 5.74) is 3.43. The lowest BCUT2D eigenvalue weighted by atomic mass is 9.76. The van der Waals surface area contributed by atoms with Crippen LogP contribution in [0.1, 0.15) is 33.6 Å². The van der Waals surface area contributed by atoms with Gasteiger partial charge in [0, 0.05) is 25.3 Å². The van der Waals surface area contributed by atoms with E-state index in [1.165, 1.54) is 11.8 Å². The summed E-state index contributed by atoms with van der Waals surface area (Å²) >= 11 is 0. The molecule has 0 aliphatic heterocycles. The molecule has 6 heteroatoms. The lowest BCUT2D eigenvalue weighted by Crippen LogP contribution is -2.36. The Balaban J connectivity index is 2.13. The van der Waals surface area contributed by atoms with Gasteiger partial charge >= 0.3 is 5.97 Å². The molecular formula is C19H24N2O4. The second-order valence-electron chi connectivity index (χ2n) is 6.63. The number of hydrogen-bond acceptors (Lipinski definition) is 3. The zero-order chi connectivity index (χ0) is 18.7. The third-order valence-corrected chi connectivity index (χ3v) is 4.91. The highest BCUT2D eigenvalue weighted by atomic mass is 16.4. The van der Waals surface area contributed by atoms with E-state index in [0.29, 0.717) is 18.5 Å². The number of carboxylic acid groups (broad SMARTS) is 1. The van der Waals surface area contributed by atoms with Crippen molar-refractivity contribution in [1.82, 2.24) is 0 Å². The van der Waals surface area contributed by atoms with Gasteiger partial charge in [-0.05, 0) is 51.0 Å². The van der Waals surface area contributed by atoms with Crippen molar-refractivity contribution in [3.63, 3.8) is 0 Å². The molecule has 2 amide bonds. The Morgan fingerprint density at radius 1 is 1.04 bits per heavy atom. The number of nitrogens with one attached hydrogen (secondary N) is 1. The van der Waals surface area contributed by atoms with Crippen LogP contribution in [0, 0.1) is 11.8 Å². The zero-order valence-electron chi connectivity index (χ0n) is 15.0. The van der Waals surface area contributed by atoms with Crippen molar-refractivity contribution in [2.45, 2.75) is 33.6 Å². The number of aliphatic carboxylic acids is 1. The molecule has 0 radical (unpaired) electrons. The number of anilines is 2. The molecule has 0 unspecified atom stereocenters. The predicted molar refractivity (Wildman–Crippen MR) is 96.4 cm³/mol. The van der Waals surface area contributed by atoms with E-state index in [9.17, 15) is 19.5 Å². The molecule has 1 aliphatic carbocycles. The van der Waals surface area contributed by atoms with Crippen molar-refractivity contribution < 1.29 is 19.5 Å². The number of benzene rings is 1. The van der Waals surface area contributed by atoms with Crippen LogP contribution >= 0.6 is 0 Å². The van der Waals surface area contributed by atoms with Gasteiger partial charge in [-0.2, -0.15) is 0 Å². The van der Waals surface area contributed by atoms with E-state index in [-0.39, 0.29) is 11.8 Å².